The van der Waals surface area contributed by atoms with Gasteiger partial charge >= 0.3 is 0 Å². The zero-order chi connectivity index (χ0) is 15.5. The molecule has 1 fully saturated rings. The maximum absolute atomic E-state index is 11.0. The van der Waals surface area contributed by atoms with Gasteiger partial charge < -0.3 is 14.9 Å². The topological polar surface area (TPSA) is 66.8 Å². The minimum Gasteiger partial charge on any atom is -0.507 e. The van der Waals surface area contributed by atoms with Crippen molar-refractivity contribution < 1.29 is 19.7 Å². The van der Waals surface area contributed by atoms with Crippen molar-refractivity contribution in [3.05, 3.63) is 23.8 Å². The van der Waals surface area contributed by atoms with Crippen molar-refractivity contribution in [2.24, 2.45) is 11.8 Å². The summed E-state index contributed by atoms with van der Waals surface area (Å²) in [5, 5.41) is 20.0. The van der Waals surface area contributed by atoms with Crippen LogP contribution in [0.15, 0.2) is 18.2 Å². The predicted molar refractivity (Wildman–Crippen MR) is 80.7 cm³/mol. The largest absolute Gasteiger partial charge is 0.507 e. The van der Waals surface area contributed by atoms with Gasteiger partial charge in [0, 0.05) is 0 Å². The van der Waals surface area contributed by atoms with Crippen LogP contribution in [0.2, 0.25) is 0 Å². The lowest BCUT2D eigenvalue weighted by Gasteiger charge is -2.39. The molecule has 1 aromatic carbocycles. The van der Waals surface area contributed by atoms with Crippen LogP contribution in [0.3, 0.4) is 0 Å². The minimum atomic E-state index is -0.721. The summed E-state index contributed by atoms with van der Waals surface area (Å²) in [5.74, 6) is 0.805. The molecule has 2 rings (SSSR count). The average molecular weight is 292 g/mol. The summed E-state index contributed by atoms with van der Waals surface area (Å²) < 4.78 is 5.77. The Bertz CT molecular complexity index is 490. The van der Waals surface area contributed by atoms with Gasteiger partial charge in [-0.25, -0.2) is 0 Å². The molecule has 2 atom stereocenters. The van der Waals surface area contributed by atoms with Crippen LogP contribution in [0.5, 0.6) is 11.5 Å². The number of hydrogen-bond acceptors (Lipinski definition) is 4. The standard InChI is InChI=1S/C17H24O4/c1-17(2,20)14-7-4-3-6-12(14)11-21-16-9-5-8-15(19)13(16)10-18/h5,8-10,12,14,19-20H,3-4,6-7,11H2,1-2H3/t12-,14-/m0/s1. The lowest BCUT2D eigenvalue weighted by molar-refractivity contribution is -0.0378. The van der Waals surface area contributed by atoms with E-state index in [1.54, 1.807) is 12.1 Å². The first-order valence-corrected chi connectivity index (χ1v) is 7.56. The van der Waals surface area contributed by atoms with Crippen molar-refractivity contribution in [3.63, 3.8) is 0 Å². The molecule has 0 unspecified atom stereocenters. The van der Waals surface area contributed by atoms with Crippen molar-refractivity contribution >= 4 is 6.29 Å². The van der Waals surface area contributed by atoms with Crippen LogP contribution in [-0.4, -0.2) is 28.7 Å². The smallest absolute Gasteiger partial charge is 0.157 e. The summed E-state index contributed by atoms with van der Waals surface area (Å²) >= 11 is 0. The van der Waals surface area contributed by atoms with Crippen LogP contribution in [0.4, 0.5) is 0 Å². The second-order valence-electron chi connectivity index (χ2n) is 6.42. The molecule has 2 N–H and O–H groups in total. The SMILES string of the molecule is CC(C)(O)[C@H]1CCCC[C@H]1COc1cccc(O)c1C=O. The second kappa shape index (κ2) is 6.48. The Morgan fingerprint density at radius 3 is 2.71 bits per heavy atom. The van der Waals surface area contributed by atoms with Gasteiger partial charge in [-0.15, -0.1) is 0 Å². The Kier molecular flexibility index (Phi) is 4.88. The fourth-order valence-electron chi connectivity index (χ4n) is 3.31. The van der Waals surface area contributed by atoms with Gasteiger partial charge in [-0.05, 0) is 50.7 Å². The Morgan fingerprint density at radius 1 is 1.33 bits per heavy atom. The molecule has 0 bridgehead atoms. The number of phenolic OH excluding ortho intramolecular Hbond substituents is 1. The summed E-state index contributed by atoms with van der Waals surface area (Å²) in [6.07, 6.45) is 4.90. The van der Waals surface area contributed by atoms with E-state index in [2.05, 4.69) is 0 Å². The van der Waals surface area contributed by atoms with Gasteiger partial charge in [-0.1, -0.05) is 18.9 Å². The number of benzene rings is 1. The molecule has 21 heavy (non-hydrogen) atoms. The molecule has 116 valence electrons. The lowest BCUT2D eigenvalue weighted by Crippen LogP contribution is -2.40. The first-order chi connectivity index (χ1) is 9.93. The quantitative estimate of drug-likeness (QED) is 0.818. The third-order valence-corrected chi connectivity index (χ3v) is 4.43. The average Bonchev–Trinajstić information content (AvgIpc) is 2.44. The van der Waals surface area contributed by atoms with E-state index in [-0.39, 0.29) is 23.1 Å². The van der Waals surface area contributed by atoms with Crippen LogP contribution in [0, 0.1) is 11.8 Å². The minimum absolute atomic E-state index is 0.0646. The Labute approximate surface area is 125 Å². The van der Waals surface area contributed by atoms with Crippen molar-refractivity contribution in [1.29, 1.82) is 0 Å². The number of rotatable bonds is 5. The van der Waals surface area contributed by atoms with Crippen molar-refractivity contribution in [2.75, 3.05) is 6.61 Å². The molecule has 0 heterocycles. The number of hydrogen-bond donors (Lipinski definition) is 2. The van der Waals surface area contributed by atoms with Crippen molar-refractivity contribution in [1.82, 2.24) is 0 Å². The number of aromatic hydroxyl groups is 1. The van der Waals surface area contributed by atoms with Crippen LogP contribution in [-0.2, 0) is 0 Å². The molecule has 0 amide bonds. The number of carbonyl (C=O) groups excluding carboxylic acids is 1. The summed E-state index contributed by atoms with van der Waals surface area (Å²) in [4.78, 5) is 11.0. The Hall–Kier alpha value is -1.55. The molecule has 0 aliphatic heterocycles. The highest BCUT2D eigenvalue weighted by molar-refractivity contribution is 5.83. The van der Waals surface area contributed by atoms with E-state index in [4.69, 9.17) is 4.74 Å². The van der Waals surface area contributed by atoms with Gasteiger partial charge in [0.15, 0.2) is 6.29 Å². The number of aliphatic hydroxyl groups is 1. The van der Waals surface area contributed by atoms with E-state index >= 15 is 0 Å². The fraction of sp³-hybridized carbons (Fsp3) is 0.588. The zero-order valence-corrected chi connectivity index (χ0v) is 12.7. The van der Waals surface area contributed by atoms with Crippen molar-refractivity contribution in [2.45, 2.75) is 45.1 Å². The Morgan fingerprint density at radius 2 is 2.05 bits per heavy atom. The molecule has 0 saturated heterocycles. The predicted octanol–water partition coefficient (Wildman–Crippen LogP) is 3.16. The molecule has 0 radical (unpaired) electrons. The van der Waals surface area contributed by atoms with Gasteiger partial charge in [-0.3, -0.25) is 4.79 Å². The Balaban J connectivity index is 2.08. The number of phenols is 1. The van der Waals surface area contributed by atoms with Gasteiger partial charge in [-0.2, -0.15) is 0 Å². The van der Waals surface area contributed by atoms with Crippen LogP contribution in [0.1, 0.15) is 49.9 Å². The molecule has 1 saturated carbocycles. The summed E-state index contributed by atoms with van der Waals surface area (Å²) in [7, 11) is 0. The van der Waals surface area contributed by atoms with Gasteiger partial charge in [0.2, 0.25) is 0 Å². The first kappa shape index (κ1) is 15.8. The van der Waals surface area contributed by atoms with E-state index in [1.807, 2.05) is 13.8 Å². The number of aldehydes is 1. The highest BCUT2D eigenvalue weighted by Gasteiger charge is 2.36. The first-order valence-electron chi connectivity index (χ1n) is 7.56. The highest BCUT2D eigenvalue weighted by Crippen LogP contribution is 2.38. The molecule has 0 spiro atoms. The number of carbonyl (C=O) groups is 1. The maximum atomic E-state index is 11.0. The second-order valence-corrected chi connectivity index (χ2v) is 6.42. The van der Waals surface area contributed by atoms with E-state index < -0.39 is 5.60 Å². The molecule has 1 aliphatic carbocycles. The van der Waals surface area contributed by atoms with Crippen molar-refractivity contribution in [3.8, 4) is 11.5 Å². The molecule has 4 heteroatoms. The fourth-order valence-corrected chi connectivity index (χ4v) is 3.31. The summed E-state index contributed by atoms with van der Waals surface area (Å²) in [5.41, 5.74) is -0.533. The van der Waals surface area contributed by atoms with Gasteiger partial charge in [0.05, 0.1) is 17.8 Å². The zero-order valence-electron chi connectivity index (χ0n) is 12.7. The molecule has 1 aliphatic rings. The monoisotopic (exact) mass is 292 g/mol. The number of ether oxygens (including phenoxy) is 1. The highest BCUT2D eigenvalue weighted by atomic mass is 16.5. The van der Waals surface area contributed by atoms with Crippen LogP contribution < -0.4 is 4.74 Å². The van der Waals surface area contributed by atoms with E-state index in [0.717, 1.165) is 25.7 Å². The van der Waals surface area contributed by atoms with Gasteiger partial charge in [0.25, 0.3) is 0 Å². The van der Waals surface area contributed by atoms with Crippen LogP contribution in [0.25, 0.3) is 0 Å². The molecule has 4 nitrogen and oxygen atoms in total. The maximum Gasteiger partial charge on any atom is 0.157 e. The third-order valence-electron chi connectivity index (χ3n) is 4.43. The van der Waals surface area contributed by atoms with E-state index in [9.17, 15) is 15.0 Å². The van der Waals surface area contributed by atoms with Gasteiger partial charge in [0.1, 0.15) is 11.5 Å². The van der Waals surface area contributed by atoms with Crippen LogP contribution >= 0.6 is 0 Å². The third kappa shape index (κ3) is 3.76. The van der Waals surface area contributed by atoms with E-state index in [0.29, 0.717) is 18.6 Å². The molecular weight excluding hydrogens is 268 g/mol. The summed E-state index contributed by atoms with van der Waals surface area (Å²) in [6, 6.07) is 4.81. The van der Waals surface area contributed by atoms with E-state index in [1.165, 1.54) is 6.07 Å². The molecular formula is C17H24O4. The molecule has 1 aromatic rings. The summed E-state index contributed by atoms with van der Waals surface area (Å²) in [6.45, 7) is 4.15. The lowest BCUT2D eigenvalue weighted by atomic mass is 9.72. The molecule has 0 aromatic heterocycles. The normalized spacial score (nSPS) is 22.8.